The van der Waals surface area contributed by atoms with E-state index in [-0.39, 0.29) is 11.2 Å². The maximum atomic E-state index is 13.0. The van der Waals surface area contributed by atoms with Crippen molar-refractivity contribution in [3.8, 4) is 0 Å². The Morgan fingerprint density at radius 1 is 1.24 bits per heavy atom. The second-order valence-corrected chi connectivity index (χ2v) is 10.4. The number of aliphatic hydroxyl groups is 2. The van der Waals surface area contributed by atoms with Crippen LogP contribution in [0.2, 0.25) is 0 Å². The maximum absolute atomic E-state index is 13.0. The first-order valence-corrected chi connectivity index (χ1v) is 10.8. The van der Waals surface area contributed by atoms with E-state index in [2.05, 4.69) is 18.6 Å². The predicted molar refractivity (Wildman–Crippen MR) is 95.4 cm³/mol. The molecular weight excluding hydrogens is 338 g/mol. The summed E-state index contributed by atoms with van der Waals surface area (Å²) in [5, 5.41) is 20.9. The molecule has 3 aliphatic carbocycles. The Morgan fingerprint density at radius 2 is 1.96 bits per heavy atom. The average Bonchev–Trinajstić information content (AvgIpc) is 3.02. The number of nitrogens with one attached hydrogen (secondary N) is 1. The average molecular weight is 365 g/mol. The van der Waals surface area contributed by atoms with Crippen molar-refractivity contribution < 1.29 is 18.6 Å². The highest BCUT2D eigenvalue weighted by Crippen LogP contribution is 2.66. The topological polar surface area (TPSA) is 86.6 Å². The first-order chi connectivity index (χ1) is 11.7. The minimum Gasteiger partial charge on any atom is -0.392 e. The van der Waals surface area contributed by atoms with Crippen LogP contribution in [0, 0.1) is 16.7 Å². The van der Waals surface area contributed by atoms with Crippen molar-refractivity contribution in [1.82, 2.24) is 4.72 Å². The largest absolute Gasteiger partial charge is 0.392 e. The lowest BCUT2D eigenvalue weighted by atomic mass is 9.70. The van der Waals surface area contributed by atoms with Gasteiger partial charge in [-0.15, -0.1) is 0 Å². The summed E-state index contributed by atoms with van der Waals surface area (Å²) in [5.74, 6) is 0.311. The maximum Gasteiger partial charge on any atom is 0.212 e. The lowest BCUT2D eigenvalue weighted by Crippen LogP contribution is -2.48. The lowest BCUT2D eigenvalue weighted by molar-refractivity contribution is 0.0150. The molecule has 0 aliphatic heterocycles. The predicted octanol–water partition coefficient (Wildman–Crippen LogP) is 1.75. The molecular formula is C19H27NO4S. The Hall–Kier alpha value is -0.950. The van der Waals surface area contributed by atoms with Gasteiger partial charge in [0.05, 0.1) is 24.0 Å². The molecule has 25 heavy (non-hydrogen) atoms. The second-order valence-electron chi connectivity index (χ2n) is 8.69. The van der Waals surface area contributed by atoms with Crippen LogP contribution in [0.25, 0.3) is 0 Å². The van der Waals surface area contributed by atoms with Gasteiger partial charge in [-0.1, -0.05) is 38.1 Å². The molecule has 6 heteroatoms. The van der Waals surface area contributed by atoms with Gasteiger partial charge in [-0.05, 0) is 41.7 Å². The van der Waals surface area contributed by atoms with Crippen molar-refractivity contribution >= 4 is 10.0 Å². The molecule has 1 aromatic rings. The summed E-state index contributed by atoms with van der Waals surface area (Å²) in [6.45, 7) is 4.19. The minimum atomic E-state index is -3.64. The van der Waals surface area contributed by atoms with Crippen molar-refractivity contribution in [2.24, 2.45) is 16.7 Å². The van der Waals surface area contributed by atoms with Crippen LogP contribution in [-0.2, 0) is 16.4 Å². The first-order valence-electron chi connectivity index (χ1n) is 9.10. The van der Waals surface area contributed by atoms with E-state index in [1.807, 2.05) is 24.3 Å². The molecule has 0 spiro atoms. The fourth-order valence-corrected chi connectivity index (χ4v) is 7.81. The van der Waals surface area contributed by atoms with E-state index < -0.39 is 33.7 Å². The molecule has 2 saturated carbocycles. The second kappa shape index (κ2) is 5.52. The van der Waals surface area contributed by atoms with Crippen LogP contribution in [0.15, 0.2) is 24.3 Å². The Morgan fingerprint density at radius 3 is 2.60 bits per heavy atom. The van der Waals surface area contributed by atoms with Gasteiger partial charge in [0.1, 0.15) is 0 Å². The van der Waals surface area contributed by atoms with Crippen molar-refractivity contribution in [3.63, 3.8) is 0 Å². The van der Waals surface area contributed by atoms with E-state index in [9.17, 15) is 18.6 Å². The van der Waals surface area contributed by atoms with Gasteiger partial charge in [-0.25, -0.2) is 13.1 Å². The van der Waals surface area contributed by atoms with E-state index >= 15 is 0 Å². The van der Waals surface area contributed by atoms with Gasteiger partial charge in [0.25, 0.3) is 0 Å². The highest BCUT2D eigenvalue weighted by Gasteiger charge is 2.65. The highest BCUT2D eigenvalue weighted by molar-refractivity contribution is 7.89. The Balaban J connectivity index is 1.59. The fraction of sp³-hybridized carbons (Fsp3) is 0.684. The zero-order valence-corrected chi connectivity index (χ0v) is 15.6. The molecule has 4 unspecified atom stereocenters. The monoisotopic (exact) mass is 365 g/mol. The van der Waals surface area contributed by atoms with Crippen LogP contribution in [0.5, 0.6) is 0 Å². The van der Waals surface area contributed by atoms with E-state index in [1.54, 1.807) is 0 Å². The van der Waals surface area contributed by atoms with Crippen molar-refractivity contribution in [1.29, 1.82) is 0 Å². The molecule has 2 bridgehead atoms. The summed E-state index contributed by atoms with van der Waals surface area (Å²) in [6, 6.07) is 6.96. The van der Waals surface area contributed by atoms with Crippen LogP contribution >= 0.6 is 0 Å². The fourth-order valence-electron chi connectivity index (χ4n) is 5.67. The summed E-state index contributed by atoms with van der Waals surface area (Å²) in [7, 11) is -3.64. The van der Waals surface area contributed by atoms with E-state index in [0.29, 0.717) is 18.8 Å². The molecule has 4 rings (SSSR count). The molecule has 5 nitrogen and oxygen atoms in total. The molecule has 1 aromatic carbocycles. The molecule has 0 amide bonds. The Bertz CT molecular complexity index is 790. The number of rotatable bonds is 4. The zero-order valence-electron chi connectivity index (χ0n) is 14.8. The zero-order chi connectivity index (χ0) is 18.0. The van der Waals surface area contributed by atoms with Gasteiger partial charge in [0, 0.05) is 11.8 Å². The van der Waals surface area contributed by atoms with E-state index in [1.165, 1.54) is 0 Å². The van der Waals surface area contributed by atoms with Crippen LogP contribution < -0.4 is 4.72 Å². The van der Waals surface area contributed by atoms with Gasteiger partial charge in [0.2, 0.25) is 10.0 Å². The molecule has 0 saturated heterocycles. The van der Waals surface area contributed by atoms with E-state index in [0.717, 1.165) is 24.0 Å². The van der Waals surface area contributed by atoms with Gasteiger partial charge < -0.3 is 10.2 Å². The smallest absolute Gasteiger partial charge is 0.212 e. The van der Waals surface area contributed by atoms with Gasteiger partial charge in [-0.3, -0.25) is 0 Å². The summed E-state index contributed by atoms with van der Waals surface area (Å²) in [5.41, 5.74) is 1.06. The van der Waals surface area contributed by atoms with E-state index in [4.69, 9.17) is 0 Å². The van der Waals surface area contributed by atoms with Gasteiger partial charge in [-0.2, -0.15) is 0 Å². The molecule has 5 atom stereocenters. The molecule has 3 aliphatic rings. The molecule has 0 radical (unpaired) electrons. The number of aliphatic hydroxyl groups excluding tert-OH is 2. The third kappa shape index (κ3) is 2.49. The number of sulfonamides is 1. The SMILES string of the molecule is CC1(C)C2CC[C@]1(CS(=O)(=O)NC1c3ccccc3CC1O)C(O)C2. The van der Waals surface area contributed by atoms with Crippen LogP contribution in [0.1, 0.15) is 50.3 Å². The van der Waals surface area contributed by atoms with Crippen molar-refractivity contribution in [2.45, 2.75) is 57.8 Å². The molecule has 2 fully saturated rings. The summed E-state index contributed by atoms with van der Waals surface area (Å²) in [4.78, 5) is 0. The third-order valence-electron chi connectivity index (χ3n) is 7.35. The molecule has 0 aromatic heterocycles. The highest BCUT2D eigenvalue weighted by atomic mass is 32.2. The normalized spacial score (nSPS) is 38.9. The number of fused-ring (bicyclic) bond motifs is 3. The first kappa shape index (κ1) is 17.5. The summed E-state index contributed by atoms with van der Waals surface area (Å²) in [6.07, 6.45) is 1.56. The number of hydrogen-bond donors (Lipinski definition) is 3. The molecule has 0 heterocycles. The number of benzene rings is 1. The molecule has 138 valence electrons. The van der Waals surface area contributed by atoms with Crippen LogP contribution in [-0.4, -0.2) is 36.6 Å². The van der Waals surface area contributed by atoms with Crippen LogP contribution in [0.3, 0.4) is 0 Å². The minimum absolute atomic E-state index is 0.0734. The third-order valence-corrected chi connectivity index (χ3v) is 8.85. The quantitative estimate of drug-likeness (QED) is 0.759. The van der Waals surface area contributed by atoms with Crippen molar-refractivity contribution in [2.75, 3.05) is 5.75 Å². The summed E-state index contributed by atoms with van der Waals surface area (Å²) >= 11 is 0. The standard InChI is InChI=1S/C19H27NO4S/c1-18(2)13-7-8-19(18,16(22)10-13)11-25(23,24)20-17-14-6-4-3-5-12(14)9-15(17)21/h3-6,13,15-17,20-22H,7-11H2,1-2H3/t13?,15?,16?,17?,19-/m0/s1. The lowest BCUT2D eigenvalue weighted by Gasteiger charge is -2.40. The Kier molecular flexibility index (Phi) is 3.86. The van der Waals surface area contributed by atoms with Crippen molar-refractivity contribution in [3.05, 3.63) is 35.4 Å². The van der Waals surface area contributed by atoms with Crippen LogP contribution in [0.4, 0.5) is 0 Å². The Labute approximate surface area is 149 Å². The van der Waals surface area contributed by atoms with Gasteiger partial charge >= 0.3 is 0 Å². The van der Waals surface area contributed by atoms with Gasteiger partial charge in [0.15, 0.2) is 0 Å². The molecule has 3 N–H and O–H groups in total. The summed E-state index contributed by atoms with van der Waals surface area (Å²) < 4.78 is 28.7. The number of hydrogen-bond acceptors (Lipinski definition) is 4.